The van der Waals surface area contributed by atoms with Gasteiger partial charge in [-0.3, -0.25) is 0 Å². The summed E-state index contributed by atoms with van der Waals surface area (Å²) in [6, 6.07) is 0. The molecule has 0 amide bonds. The van der Waals surface area contributed by atoms with Gasteiger partial charge >= 0.3 is 0 Å². The van der Waals surface area contributed by atoms with Gasteiger partial charge in [0.2, 0.25) is 0 Å². The summed E-state index contributed by atoms with van der Waals surface area (Å²) in [7, 11) is 0. The number of rotatable bonds is 3. The number of hydrogen-bond donors (Lipinski definition) is 1. The normalized spacial score (nSPS) is 13.4. The Morgan fingerprint density at radius 2 is 2.60 bits per heavy atom. The minimum atomic E-state index is 0.524. The molecule has 0 saturated carbocycles. The van der Waals surface area contributed by atoms with Crippen LogP contribution in [0.2, 0.25) is 0 Å². The number of aromatic nitrogens is 1. The fraction of sp³-hybridized carbons (Fsp3) is 0.571. The van der Waals surface area contributed by atoms with Crippen molar-refractivity contribution in [2.75, 3.05) is 6.54 Å². The molecule has 1 unspecified atom stereocenters. The van der Waals surface area contributed by atoms with Crippen molar-refractivity contribution >= 4 is 11.3 Å². The first-order valence-electron chi connectivity index (χ1n) is 3.42. The molecule has 0 saturated heterocycles. The van der Waals surface area contributed by atoms with E-state index in [2.05, 4.69) is 17.3 Å². The van der Waals surface area contributed by atoms with Crippen molar-refractivity contribution in [3.05, 3.63) is 16.6 Å². The maximum atomic E-state index is 5.41. The predicted molar refractivity (Wildman–Crippen MR) is 44.2 cm³/mol. The Hall–Kier alpha value is -0.410. The highest BCUT2D eigenvalue weighted by molar-refractivity contribution is 7.07. The lowest BCUT2D eigenvalue weighted by molar-refractivity contribution is 0.675. The SMILES string of the molecule is CC(CCN)c1cscn1. The summed E-state index contributed by atoms with van der Waals surface area (Å²) in [5, 5.41) is 2.08. The average molecular weight is 156 g/mol. The molecule has 1 atom stereocenters. The molecule has 0 fully saturated rings. The van der Waals surface area contributed by atoms with Crippen LogP contribution in [0.15, 0.2) is 10.9 Å². The minimum Gasteiger partial charge on any atom is -0.330 e. The standard InChI is InChI=1S/C7H12N2S/c1-6(2-3-8)7-4-10-5-9-7/h4-6H,2-3,8H2,1H3. The largest absolute Gasteiger partial charge is 0.330 e. The number of hydrogen-bond acceptors (Lipinski definition) is 3. The van der Waals surface area contributed by atoms with Gasteiger partial charge in [-0.15, -0.1) is 11.3 Å². The van der Waals surface area contributed by atoms with Crippen LogP contribution >= 0.6 is 11.3 Å². The highest BCUT2D eigenvalue weighted by Crippen LogP contribution is 2.17. The lowest BCUT2D eigenvalue weighted by Gasteiger charge is -2.04. The molecule has 0 aliphatic carbocycles. The summed E-state index contributed by atoms with van der Waals surface area (Å²) in [4.78, 5) is 4.20. The monoisotopic (exact) mass is 156 g/mol. The van der Waals surface area contributed by atoms with Gasteiger partial charge in [-0.05, 0) is 13.0 Å². The average Bonchev–Trinajstić information content (AvgIpc) is 2.38. The molecular weight excluding hydrogens is 144 g/mol. The van der Waals surface area contributed by atoms with E-state index in [0.717, 1.165) is 13.0 Å². The maximum absolute atomic E-state index is 5.41. The maximum Gasteiger partial charge on any atom is 0.0794 e. The van der Waals surface area contributed by atoms with Crippen LogP contribution in [0.1, 0.15) is 25.0 Å². The second-order valence-corrected chi connectivity index (χ2v) is 3.11. The highest BCUT2D eigenvalue weighted by atomic mass is 32.1. The van der Waals surface area contributed by atoms with Gasteiger partial charge < -0.3 is 5.73 Å². The Balaban J connectivity index is 2.50. The van der Waals surface area contributed by atoms with E-state index in [-0.39, 0.29) is 0 Å². The third kappa shape index (κ3) is 1.78. The highest BCUT2D eigenvalue weighted by Gasteiger charge is 2.04. The Kier molecular flexibility index (Phi) is 2.83. The van der Waals surface area contributed by atoms with Gasteiger partial charge in [0.05, 0.1) is 11.2 Å². The molecule has 10 heavy (non-hydrogen) atoms. The van der Waals surface area contributed by atoms with E-state index in [4.69, 9.17) is 5.73 Å². The second-order valence-electron chi connectivity index (χ2n) is 2.39. The summed E-state index contributed by atoms with van der Waals surface area (Å²) in [6.45, 7) is 2.90. The molecular formula is C7H12N2S. The van der Waals surface area contributed by atoms with E-state index in [0.29, 0.717) is 5.92 Å². The fourth-order valence-electron chi connectivity index (χ4n) is 0.863. The summed E-state index contributed by atoms with van der Waals surface area (Å²) in [6.07, 6.45) is 1.03. The quantitative estimate of drug-likeness (QED) is 0.722. The number of thiazole rings is 1. The Bertz CT molecular complexity index is 172. The second kappa shape index (κ2) is 3.68. The van der Waals surface area contributed by atoms with Gasteiger partial charge in [0.25, 0.3) is 0 Å². The van der Waals surface area contributed by atoms with Gasteiger partial charge in [-0.25, -0.2) is 4.98 Å². The summed E-state index contributed by atoms with van der Waals surface area (Å²) >= 11 is 1.64. The number of nitrogens with two attached hydrogens (primary N) is 1. The van der Waals surface area contributed by atoms with Crippen LogP contribution in [0, 0.1) is 0 Å². The Morgan fingerprint density at radius 1 is 1.80 bits per heavy atom. The third-order valence-corrected chi connectivity index (χ3v) is 2.16. The first kappa shape index (κ1) is 7.69. The zero-order chi connectivity index (χ0) is 7.40. The van der Waals surface area contributed by atoms with Crippen LogP contribution in [0.5, 0.6) is 0 Å². The van der Waals surface area contributed by atoms with Crippen molar-refractivity contribution in [2.45, 2.75) is 19.3 Å². The lowest BCUT2D eigenvalue weighted by Crippen LogP contribution is -2.04. The molecule has 3 heteroatoms. The van der Waals surface area contributed by atoms with Crippen LogP contribution in [-0.4, -0.2) is 11.5 Å². The van der Waals surface area contributed by atoms with Crippen molar-refractivity contribution in [1.29, 1.82) is 0 Å². The molecule has 0 bridgehead atoms. The first-order valence-corrected chi connectivity index (χ1v) is 4.37. The summed E-state index contributed by atoms with van der Waals surface area (Å²) in [5.74, 6) is 0.524. The van der Waals surface area contributed by atoms with Crippen LogP contribution in [-0.2, 0) is 0 Å². The predicted octanol–water partition coefficient (Wildman–Crippen LogP) is 1.60. The van der Waals surface area contributed by atoms with E-state index >= 15 is 0 Å². The van der Waals surface area contributed by atoms with E-state index in [1.165, 1.54) is 5.69 Å². The molecule has 1 aromatic rings. The molecule has 0 spiro atoms. The van der Waals surface area contributed by atoms with Crippen molar-refractivity contribution in [3.8, 4) is 0 Å². The molecule has 0 radical (unpaired) electrons. The van der Waals surface area contributed by atoms with E-state index in [1.54, 1.807) is 11.3 Å². The molecule has 1 heterocycles. The molecule has 0 aromatic carbocycles. The molecule has 0 aliphatic rings. The molecule has 2 nitrogen and oxygen atoms in total. The molecule has 2 N–H and O–H groups in total. The van der Waals surface area contributed by atoms with Gasteiger partial charge in [0.15, 0.2) is 0 Å². The molecule has 1 aromatic heterocycles. The fourth-order valence-corrected chi connectivity index (χ4v) is 1.54. The third-order valence-electron chi connectivity index (χ3n) is 1.56. The van der Waals surface area contributed by atoms with Crippen LogP contribution < -0.4 is 5.73 Å². The Morgan fingerprint density at radius 3 is 3.10 bits per heavy atom. The van der Waals surface area contributed by atoms with E-state index in [9.17, 15) is 0 Å². The summed E-state index contributed by atoms with van der Waals surface area (Å²) < 4.78 is 0. The topological polar surface area (TPSA) is 38.9 Å². The van der Waals surface area contributed by atoms with Gasteiger partial charge in [-0.1, -0.05) is 6.92 Å². The molecule has 0 aliphatic heterocycles. The van der Waals surface area contributed by atoms with E-state index < -0.39 is 0 Å². The van der Waals surface area contributed by atoms with Gasteiger partial charge in [0.1, 0.15) is 0 Å². The Labute approximate surface area is 65.1 Å². The van der Waals surface area contributed by atoms with Crippen molar-refractivity contribution in [3.63, 3.8) is 0 Å². The van der Waals surface area contributed by atoms with E-state index in [1.807, 2.05) is 5.51 Å². The van der Waals surface area contributed by atoms with Crippen LogP contribution in [0.3, 0.4) is 0 Å². The zero-order valence-electron chi connectivity index (χ0n) is 6.08. The first-order chi connectivity index (χ1) is 4.84. The minimum absolute atomic E-state index is 0.524. The lowest BCUT2D eigenvalue weighted by atomic mass is 10.1. The van der Waals surface area contributed by atoms with Crippen molar-refractivity contribution in [1.82, 2.24) is 4.98 Å². The van der Waals surface area contributed by atoms with Crippen molar-refractivity contribution in [2.24, 2.45) is 5.73 Å². The van der Waals surface area contributed by atoms with Crippen LogP contribution in [0.4, 0.5) is 0 Å². The van der Waals surface area contributed by atoms with Crippen molar-refractivity contribution < 1.29 is 0 Å². The molecule has 56 valence electrons. The van der Waals surface area contributed by atoms with Gasteiger partial charge in [-0.2, -0.15) is 0 Å². The molecule has 1 rings (SSSR count). The van der Waals surface area contributed by atoms with Crippen LogP contribution in [0.25, 0.3) is 0 Å². The zero-order valence-corrected chi connectivity index (χ0v) is 6.90. The van der Waals surface area contributed by atoms with Gasteiger partial charge in [0, 0.05) is 11.3 Å². The summed E-state index contributed by atoms with van der Waals surface area (Å²) in [5.41, 5.74) is 8.45. The smallest absolute Gasteiger partial charge is 0.0794 e. The number of nitrogens with zero attached hydrogens (tertiary/aromatic N) is 1.